The van der Waals surface area contributed by atoms with Crippen LogP contribution in [-0.4, -0.2) is 66.3 Å². The van der Waals surface area contributed by atoms with Crippen molar-refractivity contribution in [2.75, 3.05) is 26.7 Å². The number of hydrogen-bond donors (Lipinski definition) is 1. The lowest BCUT2D eigenvalue weighted by atomic mass is 10.1. The van der Waals surface area contributed by atoms with Gasteiger partial charge in [0, 0.05) is 24.7 Å². The number of carbonyl (C=O) groups is 3. The van der Waals surface area contributed by atoms with Gasteiger partial charge in [-0.15, -0.1) is 0 Å². The van der Waals surface area contributed by atoms with Gasteiger partial charge < -0.3 is 19.9 Å². The molecule has 0 unspecified atom stereocenters. The standard InChI is InChI=1S/C21H28ClN3O4/c1-14(20(27)24-10-4-3-5-11-24)23-19(26)17-7-6-12-25(17)21(28)16-13-15(22)8-9-18(16)29-2/h8-9,13-14,17H,3-7,10-12H2,1-2H3,(H,23,26)/t14-,17+/m0/s1. The molecule has 0 spiro atoms. The Hall–Kier alpha value is -2.28. The monoisotopic (exact) mass is 421 g/mol. The molecular formula is C21H28ClN3O4. The number of nitrogens with one attached hydrogen (secondary N) is 1. The van der Waals surface area contributed by atoms with E-state index in [2.05, 4.69) is 5.32 Å². The molecule has 2 fully saturated rings. The molecule has 7 nitrogen and oxygen atoms in total. The molecule has 1 aromatic carbocycles. The number of nitrogens with zero attached hydrogens (tertiary/aromatic N) is 2. The Morgan fingerprint density at radius 3 is 2.55 bits per heavy atom. The summed E-state index contributed by atoms with van der Waals surface area (Å²) in [6.07, 6.45) is 4.42. The number of ether oxygens (including phenoxy) is 1. The van der Waals surface area contributed by atoms with Crippen molar-refractivity contribution < 1.29 is 19.1 Å². The van der Waals surface area contributed by atoms with Crippen molar-refractivity contribution in [1.29, 1.82) is 0 Å². The van der Waals surface area contributed by atoms with Crippen LogP contribution in [0, 0.1) is 0 Å². The first kappa shape index (κ1) is 21.4. The number of benzene rings is 1. The SMILES string of the molecule is COc1ccc(Cl)cc1C(=O)N1CCC[C@@H]1C(=O)N[C@@H](C)C(=O)N1CCCCC1. The molecule has 0 aromatic heterocycles. The second-order valence-electron chi connectivity index (χ2n) is 7.62. The zero-order valence-electron chi connectivity index (χ0n) is 16.9. The molecule has 2 heterocycles. The van der Waals surface area contributed by atoms with Crippen molar-refractivity contribution in [3.05, 3.63) is 28.8 Å². The van der Waals surface area contributed by atoms with E-state index in [0.717, 1.165) is 38.8 Å². The number of amides is 3. The van der Waals surface area contributed by atoms with Crippen molar-refractivity contribution >= 4 is 29.3 Å². The quantitative estimate of drug-likeness (QED) is 0.792. The Bertz CT molecular complexity index is 779. The summed E-state index contributed by atoms with van der Waals surface area (Å²) in [5.74, 6) is -0.240. The van der Waals surface area contributed by atoms with Crippen LogP contribution in [-0.2, 0) is 9.59 Å². The summed E-state index contributed by atoms with van der Waals surface area (Å²) in [4.78, 5) is 41.9. The molecule has 2 aliphatic rings. The molecule has 8 heteroatoms. The Balaban J connectivity index is 1.68. The molecule has 2 atom stereocenters. The number of halogens is 1. The molecule has 0 aliphatic carbocycles. The first-order chi connectivity index (χ1) is 13.9. The number of piperidine rings is 1. The second-order valence-corrected chi connectivity index (χ2v) is 8.05. The van der Waals surface area contributed by atoms with E-state index >= 15 is 0 Å². The molecule has 3 rings (SSSR count). The van der Waals surface area contributed by atoms with Gasteiger partial charge in [-0.2, -0.15) is 0 Å². The molecule has 1 aromatic rings. The van der Waals surface area contributed by atoms with Crippen LogP contribution in [0.25, 0.3) is 0 Å². The fourth-order valence-electron chi connectivity index (χ4n) is 4.04. The minimum absolute atomic E-state index is 0.0644. The fraction of sp³-hybridized carbons (Fsp3) is 0.571. The van der Waals surface area contributed by atoms with Gasteiger partial charge in [-0.25, -0.2) is 0 Å². The maximum absolute atomic E-state index is 13.1. The molecule has 158 valence electrons. The predicted octanol–water partition coefficient (Wildman–Crippen LogP) is 2.47. The van der Waals surface area contributed by atoms with Crippen LogP contribution in [0.1, 0.15) is 49.4 Å². The van der Waals surface area contributed by atoms with E-state index in [1.54, 1.807) is 30.0 Å². The van der Waals surface area contributed by atoms with Gasteiger partial charge in [-0.05, 0) is 57.2 Å². The van der Waals surface area contributed by atoms with Crippen LogP contribution in [0.15, 0.2) is 18.2 Å². The minimum Gasteiger partial charge on any atom is -0.496 e. The van der Waals surface area contributed by atoms with Gasteiger partial charge in [0.2, 0.25) is 11.8 Å². The summed E-state index contributed by atoms with van der Waals surface area (Å²) in [7, 11) is 1.49. The summed E-state index contributed by atoms with van der Waals surface area (Å²) in [5.41, 5.74) is 0.331. The highest BCUT2D eigenvalue weighted by Gasteiger charge is 2.37. The highest BCUT2D eigenvalue weighted by Crippen LogP contribution is 2.27. The lowest BCUT2D eigenvalue weighted by molar-refractivity contribution is -0.137. The summed E-state index contributed by atoms with van der Waals surface area (Å²) in [6.45, 7) is 3.65. The first-order valence-corrected chi connectivity index (χ1v) is 10.5. The first-order valence-electron chi connectivity index (χ1n) is 10.2. The van der Waals surface area contributed by atoms with Gasteiger partial charge in [0.05, 0.1) is 12.7 Å². The second kappa shape index (κ2) is 9.48. The Kier molecular flexibility index (Phi) is 7.00. The summed E-state index contributed by atoms with van der Waals surface area (Å²) in [5, 5.41) is 3.24. The highest BCUT2D eigenvalue weighted by atomic mass is 35.5. The summed E-state index contributed by atoms with van der Waals surface area (Å²) < 4.78 is 5.28. The Morgan fingerprint density at radius 2 is 1.86 bits per heavy atom. The van der Waals surface area contributed by atoms with Crippen molar-refractivity contribution in [3.63, 3.8) is 0 Å². The van der Waals surface area contributed by atoms with Gasteiger partial charge >= 0.3 is 0 Å². The number of hydrogen-bond acceptors (Lipinski definition) is 4. The number of methoxy groups -OCH3 is 1. The summed E-state index contributed by atoms with van der Waals surface area (Å²) >= 11 is 6.05. The van der Waals surface area contributed by atoms with Crippen LogP contribution in [0.4, 0.5) is 0 Å². The highest BCUT2D eigenvalue weighted by molar-refractivity contribution is 6.31. The van der Waals surface area contributed by atoms with E-state index < -0.39 is 12.1 Å². The van der Waals surface area contributed by atoms with E-state index in [0.29, 0.717) is 29.3 Å². The van der Waals surface area contributed by atoms with Crippen LogP contribution >= 0.6 is 11.6 Å². The fourth-order valence-corrected chi connectivity index (χ4v) is 4.22. The predicted molar refractivity (Wildman–Crippen MR) is 110 cm³/mol. The van der Waals surface area contributed by atoms with Crippen molar-refractivity contribution in [2.24, 2.45) is 0 Å². The molecule has 0 radical (unpaired) electrons. The van der Waals surface area contributed by atoms with E-state index in [1.807, 2.05) is 4.90 Å². The van der Waals surface area contributed by atoms with Gasteiger partial charge in [-0.3, -0.25) is 14.4 Å². The third kappa shape index (κ3) is 4.83. The average molecular weight is 422 g/mol. The maximum atomic E-state index is 13.1. The van der Waals surface area contributed by atoms with Crippen LogP contribution in [0.5, 0.6) is 5.75 Å². The molecular weight excluding hydrogens is 394 g/mol. The van der Waals surface area contributed by atoms with Crippen LogP contribution < -0.4 is 10.1 Å². The number of likely N-dealkylation sites (tertiary alicyclic amines) is 2. The van der Waals surface area contributed by atoms with Crippen LogP contribution in [0.3, 0.4) is 0 Å². The van der Waals surface area contributed by atoms with Crippen LogP contribution in [0.2, 0.25) is 5.02 Å². The topological polar surface area (TPSA) is 79.0 Å². The van der Waals surface area contributed by atoms with Crippen molar-refractivity contribution in [2.45, 2.75) is 51.1 Å². The maximum Gasteiger partial charge on any atom is 0.258 e. The minimum atomic E-state index is -0.612. The largest absolute Gasteiger partial charge is 0.496 e. The van der Waals surface area contributed by atoms with Gasteiger partial charge in [-0.1, -0.05) is 11.6 Å². The molecule has 2 saturated heterocycles. The van der Waals surface area contributed by atoms with E-state index in [9.17, 15) is 14.4 Å². The zero-order chi connectivity index (χ0) is 21.0. The molecule has 3 amide bonds. The van der Waals surface area contributed by atoms with Gasteiger partial charge in [0.1, 0.15) is 17.8 Å². The normalized spacial score (nSPS) is 20.3. The Labute approximate surface area is 176 Å². The molecule has 0 saturated carbocycles. The smallest absolute Gasteiger partial charge is 0.258 e. The lowest BCUT2D eigenvalue weighted by Crippen LogP contribution is -2.53. The van der Waals surface area contributed by atoms with Crippen molar-refractivity contribution in [3.8, 4) is 5.75 Å². The number of rotatable bonds is 5. The van der Waals surface area contributed by atoms with E-state index in [-0.39, 0.29) is 17.7 Å². The number of carbonyl (C=O) groups excluding carboxylic acids is 3. The molecule has 1 N–H and O–H groups in total. The zero-order valence-corrected chi connectivity index (χ0v) is 17.7. The molecule has 29 heavy (non-hydrogen) atoms. The lowest BCUT2D eigenvalue weighted by Gasteiger charge is -2.30. The Morgan fingerprint density at radius 1 is 1.14 bits per heavy atom. The van der Waals surface area contributed by atoms with E-state index in [1.165, 1.54) is 7.11 Å². The molecule has 2 aliphatic heterocycles. The van der Waals surface area contributed by atoms with Gasteiger partial charge in [0.15, 0.2) is 0 Å². The van der Waals surface area contributed by atoms with Crippen molar-refractivity contribution in [1.82, 2.24) is 15.1 Å². The molecule has 0 bridgehead atoms. The third-order valence-corrected chi connectivity index (χ3v) is 5.84. The van der Waals surface area contributed by atoms with Gasteiger partial charge in [0.25, 0.3) is 5.91 Å². The average Bonchev–Trinajstić information content (AvgIpc) is 3.23. The van der Waals surface area contributed by atoms with E-state index in [4.69, 9.17) is 16.3 Å². The summed E-state index contributed by atoms with van der Waals surface area (Å²) in [6, 6.07) is 3.62. The third-order valence-electron chi connectivity index (χ3n) is 5.61.